The Balaban J connectivity index is 2.01. The molecule has 0 radical (unpaired) electrons. The SMILES string of the molecule is Cc1ncccc1C(=O)NCC(O)c1ccc(Cl)c(F)c1. The summed E-state index contributed by atoms with van der Waals surface area (Å²) in [6.45, 7) is 1.69. The third-order valence-corrected chi connectivity index (χ3v) is 3.34. The smallest absolute Gasteiger partial charge is 0.253 e. The molecule has 2 N–H and O–H groups in total. The third-order valence-electron chi connectivity index (χ3n) is 3.04. The molecular formula is C15H14ClFN2O2. The maximum absolute atomic E-state index is 13.3. The van der Waals surface area contributed by atoms with E-state index in [1.54, 1.807) is 25.3 Å². The largest absolute Gasteiger partial charge is 0.387 e. The Labute approximate surface area is 126 Å². The zero-order valence-corrected chi connectivity index (χ0v) is 12.1. The van der Waals surface area contributed by atoms with Crippen molar-refractivity contribution in [3.63, 3.8) is 0 Å². The van der Waals surface area contributed by atoms with Gasteiger partial charge >= 0.3 is 0 Å². The molecule has 0 saturated heterocycles. The lowest BCUT2D eigenvalue weighted by Crippen LogP contribution is -2.29. The molecular weight excluding hydrogens is 295 g/mol. The Hall–Kier alpha value is -1.98. The van der Waals surface area contributed by atoms with E-state index in [-0.39, 0.29) is 17.5 Å². The van der Waals surface area contributed by atoms with E-state index in [2.05, 4.69) is 10.3 Å². The average molecular weight is 309 g/mol. The molecule has 1 atom stereocenters. The lowest BCUT2D eigenvalue weighted by Gasteiger charge is -2.13. The summed E-state index contributed by atoms with van der Waals surface area (Å²) in [6, 6.07) is 7.33. The van der Waals surface area contributed by atoms with Gasteiger partial charge in [-0.25, -0.2) is 4.39 Å². The van der Waals surface area contributed by atoms with Crippen LogP contribution in [-0.4, -0.2) is 22.5 Å². The van der Waals surface area contributed by atoms with Gasteiger partial charge in [0, 0.05) is 18.4 Å². The number of amides is 1. The number of nitrogens with zero attached hydrogens (tertiary/aromatic N) is 1. The molecule has 1 aromatic carbocycles. The first-order chi connectivity index (χ1) is 9.99. The maximum Gasteiger partial charge on any atom is 0.253 e. The number of rotatable bonds is 4. The van der Waals surface area contributed by atoms with Gasteiger partial charge in [-0.2, -0.15) is 0 Å². The monoisotopic (exact) mass is 308 g/mol. The van der Waals surface area contributed by atoms with Crippen LogP contribution in [0.2, 0.25) is 5.02 Å². The highest BCUT2D eigenvalue weighted by Crippen LogP contribution is 2.20. The zero-order chi connectivity index (χ0) is 15.4. The summed E-state index contributed by atoms with van der Waals surface area (Å²) in [6.07, 6.45) is 0.579. The van der Waals surface area contributed by atoms with Crippen molar-refractivity contribution >= 4 is 17.5 Å². The lowest BCUT2D eigenvalue weighted by atomic mass is 10.1. The second-order valence-corrected chi connectivity index (χ2v) is 4.94. The van der Waals surface area contributed by atoms with Crippen molar-refractivity contribution < 1.29 is 14.3 Å². The van der Waals surface area contributed by atoms with Crippen LogP contribution >= 0.6 is 11.6 Å². The van der Waals surface area contributed by atoms with E-state index < -0.39 is 11.9 Å². The van der Waals surface area contributed by atoms with E-state index in [0.717, 1.165) is 6.07 Å². The van der Waals surface area contributed by atoms with Crippen molar-refractivity contribution in [2.45, 2.75) is 13.0 Å². The molecule has 2 rings (SSSR count). The van der Waals surface area contributed by atoms with Crippen molar-refractivity contribution in [2.75, 3.05) is 6.54 Å². The first-order valence-corrected chi connectivity index (χ1v) is 6.69. The van der Waals surface area contributed by atoms with Crippen LogP contribution in [0.5, 0.6) is 0 Å². The Bertz CT molecular complexity index is 664. The minimum absolute atomic E-state index is 0.0130. The molecule has 1 amide bonds. The normalized spacial score (nSPS) is 12.0. The van der Waals surface area contributed by atoms with Crippen molar-refractivity contribution in [3.8, 4) is 0 Å². The van der Waals surface area contributed by atoms with Crippen LogP contribution < -0.4 is 5.32 Å². The Morgan fingerprint density at radius 3 is 2.90 bits per heavy atom. The molecule has 0 aliphatic rings. The number of aryl methyl sites for hydroxylation is 1. The number of carbonyl (C=O) groups is 1. The highest BCUT2D eigenvalue weighted by molar-refractivity contribution is 6.30. The number of aliphatic hydroxyl groups is 1. The Kier molecular flexibility index (Phi) is 4.88. The number of hydrogen-bond acceptors (Lipinski definition) is 3. The van der Waals surface area contributed by atoms with E-state index in [0.29, 0.717) is 16.8 Å². The van der Waals surface area contributed by atoms with Crippen LogP contribution in [0.4, 0.5) is 4.39 Å². The minimum atomic E-state index is -1.02. The zero-order valence-electron chi connectivity index (χ0n) is 11.3. The van der Waals surface area contributed by atoms with Crippen LogP contribution in [0.25, 0.3) is 0 Å². The molecule has 1 heterocycles. The molecule has 0 saturated carbocycles. The second-order valence-electron chi connectivity index (χ2n) is 4.54. The van der Waals surface area contributed by atoms with Crippen molar-refractivity contribution in [3.05, 3.63) is 64.2 Å². The Morgan fingerprint density at radius 2 is 2.24 bits per heavy atom. The van der Waals surface area contributed by atoms with Gasteiger partial charge in [-0.15, -0.1) is 0 Å². The van der Waals surface area contributed by atoms with Crippen LogP contribution in [0.1, 0.15) is 27.7 Å². The number of hydrogen-bond donors (Lipinski definition) is 2. The predicted molar refractivity (Wildman–Crippen MR) is 77.7 cm³/mol. The molecule has 4 nitrogen and oxygen atoms in total. The van der Waals surface area contributed by atoms with Crippen LogP contribution in [-0.2, 0) is 0 Å². The van der Waals surface area contributed by atoms with Crippen LogP contribution in [0.3, 0.4) is 0 Å². The molecule has 110 valence electrons. The summed E-state index contributed by atoms with van der Waals surface area (Å²) in [7, 11) is 0. The number of halogens is 2. The topological polar surface area (TPSA) is 62.2 Å². The standard InChI is InChI=1S/C15H14ClFN2O2/c1-9-11(3-2-6-18-9)15(21)19-8-14(20)10-4-5-12(16)13(17)7-10/h2-7,14,20H,8H2,1H3,(H,19,21). The van der Waals surface area contributed by atoms with Gasteiger partial charge < -0.3 is 10.4 Å². The van der Waals surface area contributed by atoms with E-state index in [9.17, 15) is 14.3 Å². The van der Waals surface area contributed by atoms with E-state index in [1.165, 1.54) is 12.1 Å². The molecule has 0 bridgehead atoms. The number of nitrogens with one attached hydrogen (secondary N) is 1. The molecule has 0 fully saturated rings. The minimum Gasteiger partial charge on any atom is -0.387 e. The fourth-order valence-electron chi connectivity index (χ4n) is 1.85. The number of benzene rings is 1. The van der Waals surface area contributed by atoms with Gasteiger partial charge in [0.05, 0.1) is 16.7 Å². The maximum atomic E-state index is 13.3. The lowest BCUT2D eigenvalue weighted by molar-refractivity contribution is 0.0915. The van der Waals surface area contributed by atoms with E-state index in [4.69, 9.17) is 11.6 Å². The van der Waals surface area contributed by atoms with E-state index >= 15 is 0 Å². The number of aliphatic hydroxyl groups excluding tert-OH is 1. The van der Waals surface area contributed by atoms with Crippen molar-refractivity contribution in [1.82, 2.24) is 10.3 Å². The summed E-state index contributed by atoms with van der Waals surface area (Å²) >= 11 is 5.58. The highest BCUT2D eigenvalue weighted by Gasteiger charge is 2.14. The second kappa shape index (κ2) is 6.65. The molecule has 1 aromatic heterocycles. The molecule has 0 aliphatic heterocycles. The number of aromatic nitrogens is 1. The summed E-state index contributed by atoms with van der Waals surface area (Å²) < 4.78 is 13.3. The average Bonchev–Trinajstić information content (AvgIpc) is 2.47. The van der Waals surface area contributed by atoms with Gasteiger partial charge in [0.25, 0.3) is 5.91 Å². The summed E-state index contributed by atoms with van der Waals surface area (Å²) in [5.74, 6) is -0.947. The predicted octanol–water partition coefficient (Wildman–Crippen LogP) is 2.65. The third kappa shape index (κ3) is 3.77. The molecule has 2 aromatic rings. The van der Waals surface area contributed by atoms with E-state index in [1.807, 2.05) is 0 Å². The van der Waals surface area contributed by atoms with Gasteiger partial charge in [-0.1, -0.05) is 17.7 Å². The van der Waals surface area contributed by atoms with Gasteiger partial charge in [0.1, 0.15) is 5.82 Å². The molecule has 21 heavy (non-hydrogen) atoms. The number of carbonyl (C=O) groups excluding carboxylic acids is 1. The molecule has 0 aliphatic carbocycles. The highest BCUT2D eigenvalue weighted by atomic mass is 35.5. The fraction of sp³-hybridized carbons (Fsp3) is 0.200. The van der Waals surface area contributed by atoms with Gasteiger partial charge in [-0.05, 0) is 36.8 Å². The van der Waals surface area contributed by atoms with Gasteiger partial charge in [-0.3, -0.25) is 9.78 Å². The summed E-state index contributed by atoms with van der Waals surface area (Å²) in [5, 5.41) is 12.5. The van der Waals surface area contributed by atoms with Crippen LogP contribution in [0, 0.1) is 12.7 Å². The first kappa shape index (κ1) is 15.4. The fourth-order valence-corrected chi connectivity index (χ4v) is 1.96. The molecule has 1 unspecified atom stereocenters. The van der Waals surface area contributed by atoms with Gasteiger partial charge in [0.2, 0.25) is 0 Å². The van der Waals surface area contributed by atoms with Crippen molar-refractivity contribution in [2.24, 2.45) is 0 Å². The Morgan fingerprint density at radius 1 is 1.48 bits per heavy atom. The first-order valence-electron chi connectivity index (χ1n) is 6.32. The number of pyridine rings is 1. The van der Waals surface area contributed by atoms with Crippen molar-refractivity contribution in [1.29, 1.82) is 0 Å². The summed E-state index contributed by atoms with van der Waals surface area (Å²) in [5.41, 5.74) is 1.38. The molecule has 6 heteroatoms. The molecule has 0 spiro atoms. The summed E-state index contributed by atoms with van der Waals surface area (Å²) in [4.78, 5) is 16.0. The van der Waals surface area contributed by atoms with Crippen LogP contribution in [0.15, 0.2) is 36.5 Å². The quantitative estimate of drug-likeness (QED) is 0.913. The van der Waals surface area contributed by atoms with Gasteiger partial charge in [0.15, 0.2) is 0 Å².